The molecule has 0 radical (unpaired) electrons. The number of hydrogen-bond acceptors (Lipinski definition) is 2. The number of aliphatic hydroxyl groups excluding tert-OH is 1. The summed E-state index contributed by atoms with van der Waals surface area (Å²) in [5.41, 5.74) is 1.14. The molecule has 1 atom stereocenters. The molecular weight excluding hydrogens is 214 g/mol. The van der Waals surface area contributed by atoms with E-state index in [0.29, 0.717) is 12.8 Å². The first-order valence-electron chi connectivity index (χ1n) is 6.08. The molecule has 1 amide bonds. The molecule has 1 aromatic carbocycles. The van der Waals surface area contributed by atoms with Crippen molar-refractivity contribution in [3.05, 3.63) is 35.9 Å². The number of aliphatic hydroxyl groups is 1. The summed E-state index contributed by atoms with van der Waals surface area (Å²) in [5, 5.41) is 8.68. The van der Waals surface area contributed by atoms with Crippen LogP contribution >= 0.6 is 0 Å². The number of nitrogens with zero attached hydrogens (tertiary/aromatic N) is 1. The summed E-state index contributed by atoms with van der Waals surface area (Å²) in [6, 6.07) is 10.1. The van der Waals surface area contributed by atoms with Crippen molar-refractivity contribution in [1.82, 2.24) is 4.90 Å². The minimum Gasteiger partial charge on any atom is -0.396 e. The van der Waals surface area contributed by atoms with Gasteiger partial charge in [0.05, 0.1) is 6.04 Å². The average Bonchev–Trinajstić information content (AvgIpc) is 2.38. The Labute approximate surface area is 103 Å². The van der Waals surface area contributed by atoms with Crippen molar-refractivity contribution >= 4 is 5.91 Å². The fourth-order valence-corrected chi connectivity index (χ4v) is 1.74. The molecule has 3 nitrogen and oxygen atoms in total. The van der Waals surface area contributed by atoms with Crippen LogP contribution in [-0.2, 0) is 4.79 Å². The van der Waals surface area contributed by atoms with Crippen LogP contribution in [0.3, 0.4) is 0 Å². The maximum Gasteiger partial charge on any atom is 0.222 e. The lowest BCUT2D eigenvalue weighted by Gasteiger charge is -2.25. The fourth-order valence-electron chi connectivity index (χ4n) is 1.74. The van der Waals surface area contributed by atoms with E-state index in [1.165, 1.54) is 0 Å². The molecule has 0 heterocycles. The van der Waals surface area contributed by atoms with Crippen LogP contribution in [0.15, 0.2) is 30.3 Å². The van der Waals surface area contributed by atoms with Crippen molar-refractivity contribution in [1.29, 1.82) is 0 Å². The zero-order chi connectivity index (χ0) is 12.7. The average molecular weight is 235 g/mol. The number of hydrogen-bond donors (Lipinski definition) is 1. The zero-order valence-electron chi connectivity index (χ0n) is 10.6. The highest BCUT2D eigenvalue weighted by Crippen LogP contribution is 2.19. The molecule has 0 bridgehead atoms. The molecule has 0 fully saturated rings. The molecule has 3 heteroatoms. The van der Waals surface area contributed by atoms with Crippen LogP contribution in [0.25, 0.3) is 0 Å². The third-order valence-electron chi connectivity index (χ3n) is 3.06. The van der Waals surface area contributed by atoms with Crippen LogP contribution in [0.1, 0.15) is 37.8 Å². The minimum atomic E-state index is 0.0952. The van der Waals surface area contributed by atoms with E-state index in [-0.39, 0.29) is 18.6 Å². The Morgan fingerprint density at radius 1 is 1.29 bits per heavy atom. The van der Waals surface area contributed by atoms with E-state index >= 15 is 0 Å². The van der Waals surface area contributed by atoms with Gasteiger partial charge >= 0.3 is 0 Å². The first-order valence-corrected chi connectivity index (χ1v) is 6.08. The SMILES string of the molecule is CC(c1ccccc1)N(C)C(=O)CCCCO. The van der Waals surface area contributed by atoms with E-state index in [2.05, 4.69) is 0 Å². The standard InChI is InChI=1S/C14H21NO2/c1-12(13-8-4-3-5-9-13)15(2)14(17)10-6-7-11-16/h3-5,8-9,12,16H,6-7,10-11H2,1-2H3. The molecule has 0 saturated heterocycles. The lowest BCUT2D eigenvalue weighted by Crippen LogP contribution is -2.29. The van der Waals surface area contributed by atoms with E-state index in [1.54, 1.807) is 4.90 Å². The third-order valence-corrected chi connectivity index (χ3v) is 3.06. The van der Waals surface area contributed by atoms with Crippen molar-refractivity contribution in [2.75, 3.05) is 13.7 Å². The lowest BCUT2D eigenvalue weighted by atomic mass is 10.1. The maximum absolute atomic E-state index is 11.9. The Balaban J connectivity index is 2.51. The summed E-state index contributed by atoms with van der Waals surface area (Å²) in [4.78, 5) is 13.6. The summed E-state index contributed by atoms with van der Waals surface area (Å²) in [7, 11) is 1.83. The fraction of sp³-hybridized carbons (Fsp3) is 0.500. The Bertz CT molecular complexity index is 337. The number of unbranched alkanes of at least 4 members (excludes halogenated alkanes) is 1. The number of carbonyl (C=O) groups excluding carboxylic acids is 1. The van der Waals surface area contributed by atoms with Crippen LogP contribution in [0, 0.1) is 0 Å². The van der Waals surface area contributed by atoms with Gasteiger partial charge in [0.15, 0.2) is 0 Å². The van der Waals surface area contributed by atoms with E-state index in [0.717, 1.165) is 12.0 Å². The second-order valence-corrected chi connectivity index (χ2v) is 4.27. The summed E-state index contributed by atoms with van der Waals surface area (Å²) in [6.07, 6.45) is 1.95. The normalized spacial score (nSPS) is 12.2. The first-order chi connectivity index (χ1) is 8.16. The molecular formula is C14H21NO2. The van der Waals surface area contributed by atoms with E-state index in [1.807, 2.05) is 44.3 Å². The molecule has 0 aliphatic rings. The Morgan fingerprint density at radius 3 is 2.53 bits per heavy atom. The quantitative estimate of drug-likeness (QED) is 0.769. The molecule has 1 N–H and O–H groups in total. The van der Waals surface area contributed by atoms with Crippen LogP contribution in [0.5, 0.6) is 0 Å². The smallest absolute Gasteiger partial charge is 0.222 e. The van der Waals surface area contributed by atoms with Gasteiger partial charge in [0.25, 0.3) is 0 Å². The summed E-state index contributed by atoms with van der Waals surface area (Å²) in [5.74, 6) is 0.134. The number of carbonyl (C=O) groups is 1. The number of benzene rings is 1. The van der Waals surface area contributed by atoms with Gasteiger partial charge in [-0.1, -0.05) is 30.3 Å². The van der Waals surface area contributed by atoms with Crippen LogP contribution < -0.4 is 0 Å². The van der Waals surface area contributed by atoms with Gasteiger partial charge in [-0.3, -0.25) is 4.79 Å². The van der Waals surface area contributed by atoms with E-state index in [9.17, 15) is 4.79 Å². The van der Waals surface area contributed by atoms with Crippen LogP contribution in [0.4, 0.5) is 0 Å². The molecule has 0 aliphatic carbocycles. The predicted octanol–water partition coefficient (Wildman–Crippen LogP) is 2.37. The molecule has 17 heavy (non-hydrogen) atoms. The van der Waals surface area contributed by atoms with E-state index < -0.39 is 0 Å². The zero-order valence-corrected chi connectivity index (χ0v) is 10.6. The van der Waals surface area contributed by atoms with Gasteiger partial charge in [0, 0.05) is 20.1 Å². The molecule has 0 aromatic heterocycles. The van der Waals surface area contributed by atoms with Crippen LogP contribution in [0.2, 0.25) is 0 Å². The predicted molar refractivity (Wildman–Crippen MR) is 68.6 cm³/mol. The summed E-state index contributed by atoms with van der Waals surface area (Å²) in [6.45, 7) is 2.19. The number of amides is 1. The van der Waals surface area contributed by atoms with E-state index in [4.69, 9.17) is 5.11 Å². The minimum absolute atomic E-state index is 0.0952. The molecule has 0 aliphatic heterocycles. The van der Waals surface area contributed by atoms with Crippen molar-refractivity contribution in [2.24, 2.45) is 0 Å². The van der Waals surface area contributed by atoms with Crippen molar-refractivity contribution in [2.45, 2.75) is 32.2 Å². The van der Waals surface area contributed by atoms with Crippen molar-refractivity contribution < 1.29 is 9.90 Å². The van der Waals surface area contributed by atoms with Crippen molar-refractivity contribution in [3.63, 3.8) is 0 Å². The largest absolute Gasteiger partial charge is 0.396 e. The van der Waals surface area contributed by atoms with Gasteiger partial charge in [-0.05, 0) is 25.3 Å². The Kier molecular flexibility index (Phi) is 5.70. The van der Waals surface area contributed by atoms with Gasteiger partial charge in [0.2, 0.25) is 5.91 Å². The number of rotatable bonds is 6. The lowest BCUT2D eigenvalue weighted by molar-refractivity contribution is -0.131. The van der Waals surface area contributed by atoms with Gasteiger partial charge in [-0.25, -0.2) is 0 Å². The topological polar surface area (TPSA) is 40.5 Å². The van der Waals surface area contributed by atoms with Crippen molar-refractivity contribution in [3.8, 4) is 0 Å². The molecule has 94 valence electrons. The van der Waals surface area contributed by atoms with Gasteiger partial charge in [-0.2, -0.15) is 0 Å². The maximum atomic E-state index is 11.9. The Hall–Kier alpha value is -1.35. The monoisotopic (exact) mass is 235 g/mol. The highest BCUT2D eigenvalue weighted by molar-refractivity contribution is 5.76. The van der Waals surface area contributed by atoms with Gasteiger partial charge < -0.3 is 10.0 Å². The van der Waals surface area contributed by atoms with Gasteiger partial charge in [0.1, 0.15) is 0 Å². The molecule has 1 rings (SSSR count). The molecule has 1 unspecified atom stereocenters. The molecule has 1 aromatic rings. The summed E-state index contributed by atoms with van der Waals surface area (Å²) >= 11 is 0. The second kappa shape index (κ2) is 7.07. The third kappa shape index (κ3) is 4.19. The first kappa shape index (κ1) is 13.7. The molecule has 0 spiro atoms. The summed E-state index contributed by atoms with van der Waals surface area (Å²) < 4.78 is 0. The highest BCUT2D eigenvalue weighted by atomic mass is 16.3. The highest BCUT2D eigenvalue weighted by Gasteiger charge is 2.16. The Morgan fingerprint density at radius 2 is 1.94 bits per heavy atom. The van der Waals surface area contributed by atoms with Crippen LogP contribution in [-0.4, -0.2) is 29.6 Å². The molecule has 0 saturated carbocycles. The van der Waals surface area contributed by atoms with Gasteiger partial charge in [-0.15, -0.1) is 0 Å². The second-order valence-electron chi connectivity index (χ2n) is 4.27.